The second-order valence-electron chi connectivity index (χ2n) is 6.88. The predicted molar refractivity (Wildman–Crippen MR) is 84.6 cm³/mol. The topological polar surface area (TPSA) is 104 Å². The molecule has 8 nitrogen and oxygen atoms in total. The minimum absolute atomic E-state index is 0.00711. The van der Waals surface area contributed by atoms with Crippen molar-refractivity contribution in [2.24, 2.45) is 0 Å². The van der Waals surface area contributed by atoms with Gasteiger partial charge in [0.25, 0.3) is 0 Å². The van der Waals surface area contributed by atoms with Crippen molar-refractivity contribution in [3.05, 3.63) is 0 Å². The Labute approximate surface area is 137 Å². The van der Waals surface area contributed by atoms with Crippen LogP contribution in [-0.2, 0) is 19.6 Å². The lowest BCUT2D eigenvalue weighted by atomic mass is 10.1. The lowest BCUT2D eigenvalue weighted by Gasteiger charge is -2.40. The average Bonchev–Trinajstić information content (AvgIpc) is 2.35. The number of carboxylic acid groups (broad SMARTS) is 1. The fraction of sp³-hybridized carbons (Fsp3) is 0.857. The smallest absolute Gasteiger partial charge is 0.410 e. The molecule has 0 aromatic heterocycles. The molecule has 1 aliphatic rings. The first kappa shape index (κ1) is 19.7. The van der Waals surface area contributed by atoms with Gasteiger partial charge < -0.3 is 14.7 Å². The minimum Gasteiger partial charge on any atom is -0.481 e. The number of amides is 1. The van der Waals surface area contributed by atoms with Crippen LogP contribution in [0.2, 0.25) is 0 Å². The summed E-state index contributed by atoms with van der Waals surface area (Å²) in [6.07, 6.45) is -0.917. The van der Waals surface area contributed by atoms with Crippen LogP contribution < -0.4 is 0 Å². The van der Waals surface area contributed by atoms with Crippen molar-refractivity contribution in [2.75, 3.05) is 19.6 Å². The van der Waals surface area contributed by atoms with E-state index >= 15 is 0 Å². The number of rotatable bonds is 4. The number of carbonyl (C=O) groups excluding carboxylic acids is 1. The van der Waals surface area contributed by atoms with Crippen molar-refractivity contribution in [3.8, 4) is 0 Å². The number of sulfonamides is 1. The van der Waals surface area contributed by atoms with E-state index in [2.05, 4.69) is 0 Å². The fourth-order valence-electron chi connectivity index (χ4n) is 2.30. The second-order valence-corrected chi connectivity index (χ2v) is 9.32. The molecule has 0 aromatic carbocycles. The third kappa shape index (κ3) is 5.35. The Morgan fingerprint density at radius 2 is 1.83 bits per heavy atom. The zero-order chi connectivity index (χ0) is 18.0. The van der Waals surface area contributed by atoms with Gasteiger partial charge in [-0.25, -0.2) is 13.2 Å². The number of ether oxygens (including phenoxy) is 1. The van der Waals surface area contributed by atoms with Gasteiger partial charge in [0.05, 0.1) is 17.7 Å². The summed E-state index contributed by atoms with van der Waals surface area (Å²) in [4.78, 5) is 24.5. The maximum atomic E-state index is 12.4. The lowest BCUT2D eigenvalue weighted by Crippen LogP contribution is -2.58. The third-order valence-corrected chi connectivity index (χ3v) is 5.74. The van der Waals surface area contributed by atoms with Gasteiger partial charge >= 0.3 is 12.1 Å². The highest BCUT2D eigenvalue weighted by Gasteiger charge is 2.39. The Kier molecular flexibility index (Phi) is 6.03. The molecule has 0 bridgehead atoms. The second kappa shape index (κ2) is 7.04. The Morgan fingerprint density at radius 3 is 2.26 bits per heavy atom. The van der Waals surface area contributed by atoms with Crippen molar-refractivity contribution in [2.45, 2.75) is 57.9 Å². The van der Waals surface area contributed by atoms with Crippen LogP contribution in [0.4, 0.5) is 4.79 Å². The molecule has 134 valence electrons. The Morgan fingerprint density at radius 1 is 1.26 bits per heavy atom. The monoisotopic (exact) mass is 350 g/mol. The van der Waals surface area contributed by atoms with E-state index in [4.69, 9.17) is 9.84 Å². The Bertz CT molecular complexity index is 552. The number of hydrogen-bond acceptors (Lipinski definition) is 5. The van der Waals surface area contributed by atoms with E-state index in [0.717, 1.165) is 0 Å². The summed E-state index contributed by atoms with van der Waals surface area (Å²) in [7, 11) is -3.59. The van der Waals surface area contributed by atoms with Crippen molar-refractivity contribution in [1.29, 1.82) is 0 Å². The predicted octanol–water partition coefficient (Wildman–Crippen LogP) is 1.12. The first-order valence-corrected chi connectivity index (χ1v) is 9.05. The van der Waals surface area contributed by atoms with Gasteiger partial charge in [0.2, 0.25) is 10.0 Å². The van der Waals surface area contributed by atoms with Gasteiger partial charge in [0.15, 0.2) is 0 Å². The largest absolute Gasteiger partial charge is 0.481 e. The summed E-state index contributed by atoms with van der Waals surface area (Å²) in [5, 5.41) is 8.40. The fourth-order valence-corrected chi connectivity index (χ4v) is 3.74. The normalized spacial score (nSPS) is 20.6. The number of carbonyl (C=O) groups is 2. The van der Waals surface area contributed by atoms with Crippen LogP contribution >= 0.6 is 0 Å². The SMILES string of the molecule is CC(C)S(=O)(=O)N1CCN(C(=O)OC(C)(C)C)C[C@H]1CC(=O)O. The number of piperazine rings is 1. The van der Waals surface area contributed by atoms with E-state index in [1.165, 1.54) is 9.21 Å². The maximum Gasteiger partial charge on any atom is 0.410 e. The first-order valence-electron chi connectivity index (χ1n) is 7.55. The lowest BCUT2D eigenvalue weighted by molar-refractivity contribution is -0.138. The van der Waals surface area contributed by atoms with E-state index in [1.807, 2.05) is 0 Å². The number of aliphatic carboxylic acids is 1. The molecule has 1 aliphatic heterocycles. The minimum atomic E-state index is -3.59. The molecule has 1 heterocycles. The van der Waals surface area contributed by atoms with Crippen molar-refractivity contribution >= 4 is 22.1 Å². The van der Waals surface area contributed by atoms with Crippen LogP contribution in [0.5, 0.6) is 0 Å². The van der Waals surface area contributed by atoms with Crippen LogP contribution in [0.25, 0.3) is 0 Å². The van der Waals surface area contributed by atoms with Crippen LogP contribution in [0.3, 0.4) is 0 Å². The molecule has 9 heteroatoms. The van der Waals surface area contributed by atoms with Crippen molar-refractivity contribution in [1.82, 2.24) is 9.21 Å². The van der Waals surface area contributed by atoms with E-state index in [0.29, 0.717) is 0 Å². The molecule has 23 heavy (non-hydrogen) atoms. The molecule has 1 atom stereocenters. The molecule has 0 radical (unpaired) electrons. The molecular formula is C14H26N2O6S. The molecule has 0 spiro atoms. The quantitative estimate of drug-likeness (QED) is 0.815. The van der Waals surface area contributed by atoms with Crippen LogP contribution in [-0.4, -0.2) is 71.3 Å². The first-order chi connectivity index (χ1) is 10.3. The molecule has 1 amide bonds. The molecule has 1 saturated heterocycles. The summed E-state index contributed by atoms with van der Waals surface area (Å²) in [6.45, 7) is 8.56. The molecular weight excluding hydrogens is 324 g/mol. The summed E-state index contributed by atoms with van der Waals surface area (Å²) in [5.41, 5.74) is -0.666. The zero-order valence-electron chi connectivity index (χ0n) is 14.3. The number of hydrogen-bond donors (Lipinski definition) is 1. The summed E-state index contributed by atoms with van der Waals surface area (Å²) in [6, 6.07) is -0.791. The molecule has 1 N–H and O–H groups in total. The Hall–Kier alpha value is -1.35. The van der Waals surface area contributed by atoms with Gasteiger partial charge in [-0.1, -0.05) is 0 Å². The highest BCUT2D eigenvalue weighted by Crippen LogP contribution is 2.22. The summed E-state index contributed by atoms with van der Waals surface area (Å²) < 4.78 is 31.2. The van der Waals surface area contributed by atoms with Gasteiger partial charge in [0.1, 0.15) is 5.60 Å². The van der Waals surface area contributed by atoms with Crippen molar-refractivity contribution in [3.63, 3.8) is 0 Å². The standard InChI is InChI=1S/C14H26N2O6S/c1-10(2)23(20,21)16-7-6-15(9-11(16)8-12(17)18)13(19)22-14(3,4)5/h10-11H,6-9H2,1-5H3,(H,17,18)/t11-/m1/s1. The summed E-state index contributed by atoms with van der Waals surface area (Å²) >= 11 is 0. The van der Waals surface area contributed by atoms with E-state index in [-0.39, 0.29) is 26.1 Å². The van der Waals surface area contributed by atoms with Gasteiger partial charge in [-0.3, -0.25) is 4.79 Å². The van der Waals surface area contributed by atoms with Gasteiger partial charge in [-0.05, 0) is 34.6 Å². The van der Waals surface area contributed by atoms with E-state index in [9.17, 15) is 18.0 Å². The van der Waals surface area contributed by atoms with Crippen LogP contribution in [0, 0.1) is 0 Å². The maximum absolute atomic E-state index is 12.4. The highest BCUT2D eigenvalue weighted by molar-refractivity contribution is 7.89. The molecule has 0 aliphatic carbocycles. The molecule has 0 aromatic rings. The molecule has 1 fully saturated rings. The van der Waals surface area contributed by atoms with E-state index in [1.54, 1.807) is 34.6 Å². The van der Waals surface area contributed by atoms with Gasteiger partial charge in [-0.2, -0.15) is 4.31 Å². The van der Waals surface area contributed by atoms with Crippen LogP contribution in [0.1, 0.15) is 41.0 Å². The molecule has 0 saturated carbocycles. The average molecular weight is 350 g/mol. The van der Waals surface area contributed by atoms with Gasteiger partial charge in [-0.15, -0.1) is 0 Å². The third-order valence-electron chi connectivity index (χ3n) is 3.41. The van der Waals surface area contributed by atoms with E-state index < -0.39 is 39.0 Å². The molecule has 1 rings (SSSR count). The van der Waals surface area contributed by atoms with Crippen molar-refractivity contribution < 1.29 is 27.9 Å². The molecule has 0 unspecified atom stereocenters. The number of carboxylic acids is 1. The van der Waals surface area contributed by atoms with Gasteiger partial charge in [0, 0.05) is 19.6 Å². The highest BCUT2D eigenvalue weighted by atomic mass is 32.2. The number of nitrogens with zero attached hydrogens (tertiary/aromatic N) is 2. The zero-order valence-corrected chi connectivity index (χ0v) is 15.1. The van der Waals surface area contributed by atoms with Crippen LogP contribution in [0.15, 0.2) is 0 Å². The summed E-state index contributed by atoms with van der Waals surface area (Å²) in [5.74, 6) is -1.11. The Balaban J connectivity index is 2.94.